The predicted molar refractivity (Wildman–Crippen MR) is 52.0 cm³/mol. The van der Waals surface area contributed by atoms with Gasteiger partial charge in [0.2, 0.25) is 0 Å². The number of carbonyl (C=O) groups excluding carboxylic acids is 1. The molecule has 2 rings (SSSR count). The number of hydrogen-bond acceptors (Lipinski definition) is 5. The van der Waals surface area contributed by atoms with Crippen molar-refractivity contribution in [2.45, 2.75) is 12.5 Å². The van der Waals surface area contributed by atoms with Gasteiger partial charge in [-0.25, -0.2) is 9.78 Å². The quantitative estimate of drug-likeness (QED) is 0.731. The number of aromatic nitrogens is 1. The van der Waals surface area contributed by atoms with E-state index in [0.717, 1.165) is 13.0 Å². The molecule has 1 fully saturated rings. The number of rotatable bonds is 4. The second-order valence-corrected chi connectivity index (χ2v) is 3.23. The van der Waals surface area contributed by atoms with Crippen LogP contribution in [-0.4, -0.2) is 30.2 Å². The highest BCUT2D eigenvalue weighted by Gasteiger charge is 2.18. The molecule has 1 aromatic rings. The summed E-state index contributed by atoms with van der Waals surface area (Å²) in [5.74, 6) is -0.477. The van der Waals surface area contributed by atoms with E-state index in [2.05, 4.69) is 10.5 Å². The molecule has 1 aromatic heterocycles. The second-order valence-electron chi connectivity index (χ2n) is 3.23. The van der Waals surface area contributed by atoms with Crippen molar-refractivity contribution >= 4 is 5.97 Å². The smallest absolute Gasteiger partial charge is 0.375 e. The molecule has 0 saturated carbocycles. The molecule has 5 heteroatoms. The fourth-order valence-corrected chi connectivity index (χ4v) is 1.18. The van der Waals surface area contributed by atoms with Crippen molar-refractivity contribution < 1.29 is 14.4 Å². The van der Waals surface area contributed by atoms with Crippen LogP contribution < -0.4 is 5.48 Å². The van der Waals surface area contributed by atoms with Gasteiger partial charge in [0, 0.05) is 12.8 Å². The first-order valence-corrected chi connectivity index (χ1v) is 4.83. The highest BCUT2D eigenvalue weighted by molar-refractivity contribution is 5.86. The van der Waals surface area contributed by atoms with E-state index in [-0.39, 0.29) is 6.10 Å². The van der Waals surface area contributed by atoms with Gasteiger partial charge in [-0.15, -0.1) is 0 Å². The molecule has 0 bridgehead atoms. The fraction of sp³-hybridized carbons (Fsp3) is 0.400. The van der Waals surface area contributed by atoms with Crippen molar-refractivity contribution in [3.63, 3.8) is 0 Å². The van der Waals surface area contributed by atoms with Crippen LogP contribution in [0.2, 0.25) is 0 Å². The first-order chi connectivity index (χ1) is 7.36. The molecular formula is C10H12N2O3. The van der Waals surface area contributed by atoms with Crippen LogP contribution in [0.25, 0.3) is 0 Å². The van der Waals surface area contributed by atoms with Gasteiger partial charge >= 0.3 is 5.97 Å². The number of pyridine rings is 1. The molecule has 0 aromatic carbocycles. The average Bonchev–Trinajstić information content (AvgIpc) is 2.23. The minimum atomic E-state index is -0.477. The average molecular weight is 208 g/mol. The third-order valence-corrected chi connectivity index (χ3v) is 2.14. The van der Waals surface area contributed by atoms with Crippen molar-refractivity contribution in [3.05, 3.63) is 30.1 Å². The largest absolute Gasteiger partial charge is 0.377 e. The maximum absolute atomic E-state index is 11.3. The van der Waals surface area contributed by atoms with Crippen LogP contribution in [0.1, 0.15) is 16.9 Å². The molecule has 0 spiro atoms. The van der Waals surface area contributed by atoms with Gasteiger partial charge in [-0.2, -0.15) is 5.48 Å². The van der Waals surface area contributed by atoms with E-state index >= 15 is 0 Å². The molecule has 0 radical (unpaired) electrons. The maximum atomic E-state index is 11.3. The van der Waals surface area contributed by atoms with Crippen molar-refractivity contribution in [2.24, 2.45) is 0 Å². The second kappa shape index (κ2) is 4.86. The Morgan fingerprint density at radius 2 is 2.53 bits per heavy atom. The van der Waals surface area contributed by atoms with Crippen LogP contribution in [0.5, 0.6) is 0 Å². The maximum Gasteiger partial charge on any atom is 0.375 e. The molecule has 15 heavy (non-hydrogen) atoms. The Morgan fingerprint density at radius 1 is 1.67 bits per heavy atom. The standard InChI is InChI=1S/C10H12N2O3/c13-10(9-3-1-2-5-11-9)15-12-7-8-4-6-14-8/h1-3,5,8,12H,4,6-7H2. The van der Waals surface area contributed by atoms with Crippen LogP contribution in [0.15, 0.2) is 24.4 Å². The minimum Gasteiger partial charge on any atom is -0.377 e. The number of nitrogens with one attached hydrogen (secondary N) is 1. The lowest BCUT2D eigenvalue weighted by Gasteiger charge is -2.25. The Bertz CT molecular complexity index is 325. The lowest BCUT2D eigenvalue weighted by Crippen LogP contribution is -2.38. The summed E-state index contributed by atoms with van der Waals surface area (Å²) in [5.41, 5.74) is 2.86. The van der Waals surface area contributed by atoms with E-state index in [0.29, 0.717) is 12.2 Å². The van der Waals surface area contributed by atoms with Crippen LogP contribution in [-0.2, 0) is 9.57 Å². The van der Waals surface area contributed by atoms with E-state index in [1.165, 1.54) is 0 Å². The van der Waals surface area contributed by atoms with Crippen LogP contribution in [0, 0.1) is 0 Å². The van der Waals surface area contributed by atoms with Crippen molar-refractivity contribution in [1.82, 2.24) is 10.5 Å². The summed E-state index contributed by atoms with van der Waals surface area (Å²) < 4.78 is 5.15. The molecule has 0 amide bonds. The lowest BCUT2D eigenvalue weighted by molar-refractivity contribution is -0.0681. The van der Waals surface area contributed by atoms with Crippen LogP contribution >= 0.6 is 0 Å². The Labute approximate surface area is 87.4 Å². The number of ether oxygens (including phenoxy) is 1. The van der Waals surface area contributed by atoms with Gasteiger partial charge in [0.25, 0.3) is 0 Å². The van der Waals surface area contributed by atoms with Gasteiger partial charge in [0.15, 0.2) is 0 Å². The summed E-state index contributed by atoms with van der Waals surface area (Å²) in [6.45, 7) is 1.32. The van der Waals surface area contributed by atoms with Crippen molar-refractivity contribution in [1.29, 1.82) is 0 Å². The SMILES string of the molecule is O=C(ONCC1CCO1)c1ccccn1. The summed E-state index contributed by atoms with van der Waals surface area (Å²) in [6, 6.07) is 5.08. The highest BCUT2D eigenvalue weighted by atomic mass is 16.7. The summed E-state index contributed by atoms with van der Waals surface area (Å²) in [7, 11) is 0. The monoisotopic (exact) mass is 208 g/mol. The normalized spacial score (nSPS) is 19.3. The fourth-order valence-electron chi connectivity index (χ4n) is 1.18. The number of carbonyl (C=O) groups is 1. The summed E-state index contributed by atoms with van der Waals surface area (Å²) >= 11 is 0. The topological polar surface area (TPSA) is 60.5 Å². The van der Waals surface area contributed by atoms with Gasteiger partial charge in [0.1, 0.15) is 5.69 Å². The molecule has 80 valence electrons. The summed E-state index contributed by atoms with van der Waals surface area (Å²) in [6.07, 6.45) is 2.72. The van der Waals surface area contributed by atoms with E-state index in [1.54, 1.807) is 24.4 Å². The Hall–Kier alpha value is -1.46. The van der Waals surface area contributed by atoms with Gasteiger partial charge < -0.3 is 9.57 Å². The lowest BCUT2D eigenvalue weighted by atomic mass is 10.2. The number of hydroxylamine groups is 1. The summed E-state index contributed by atoms with van der Waals surface area (Å²) in [5, 5.41) is 0. The Morgan fingerprint density at radius 3 is 3.13 bits per heavy atom. The summed E-state index contributed by atoms with van der Waals surface area (Å²) in [4.78, 5) is 20.0. The van der Waals surface area contributed by atoms with Gasteiger partial charge in [-0.05, 0) is 18.6 Å². The zero-order valence-electron chi connectivity index (χ0n) is 8.18. The first-order valence-electron chi connectivity index (χ1n) is 4.83. The molecule has 1 aliphatic heterocycles. The van der Waals surface area contributed by atoms with Crippen molar-refractivity contribution in [3.8, 4) is 0 Å². The van der Waals surface area contributed by atoms with Gasteiger partial charge in [-0.3, -0.25) is 0 Å². The third-order valence-electron chi connectivity index (χ3n) is 2.14. The zero-order valence-corrected chi connectivity index (χ0v) is 8.18. The molecule has 1 saturated heterocycles. The molecule has 1 unspecified atom stereocenters. The van der Waals surface area contributed by atoms with Crippen LogP contribution in [0.3, 0.4) is 0 Å². The number of hydrogen-bond donors (Lipinski definition) is 1. The third kappa shape index (κ3) is 2.74. The van der Waals surface area contributed by atoms with E-state index < -0.39 is 5.97 Å². The van der Waals surface area contributed by atoms with Crippen molar-refractivity contribution in [2.75, 3.05) is 13.2 Å². The Kier molecular flexibility index (Phi) is 3.26. The molecule has 1 atom stereocenters. The molecule has 1 N–H and O–H groups in total. The molecule has 1 aliphatic rings. The predicted octanol–water partition coefficient (Wildman–Crippen LogP) is 0.532. The highest BCUT2D eigenvalue weighted by Crippen LogP contribution is 2.08. The number of nitrogens with zero attached hydrogens (tertiary/aromatic N) is 1. The first kappa shape index (κ1) is 10.1. The van der Waals surface area contributed by atoms with Crippen LogP contribution in [0.4, 0.5) is 0 Å². The minimum absolute atomic E-state index is 0.168. The van der Waals surface area contributed by atoms with E-state index in [4.69, 9.17) is 9.57 Å². The molecule has 5 nitrogen and oxygen atoms in total. The molecule has 0 aliphatic carbocycles. The van der Waals surface area contributed by atoms with Gasteiger partial charge in [-0.1, -0.05) is 6.07 Å². The molecular weight excluding hydrogens is 196 g/mol. The van der Waals surface area contributed by atoms with E-state index in [1.807, 2.05) is 0 Å². The Balaban J connectivity index is 1.72. The zero-order chi connectivity index (χ0) is 10.5. The van der Waals surface area contributed by atoms with Gasteiger partial charge in [0.05, 0.1) is 12.6 Å². The van der Waals surface area contributed by atoms with E-state index in [9.17, 15) is 4.79 Å². The molecule has 2 heterocycles.